The molecule has 1 amide bonds. The van der Waals surface area contributed by atoms with E-state index in [0.29, 0.717) is 12.8 Å². The molecular weight excluding hydrogens is 358 g/mol. The van der Waals surface area contributed by atoms with E-state index in [-0.39, 0.29) is 60.8 Å². The first-order valence-corrected chi connectivity index (χ1v) is 10.3. The first-order chi connectivity index (χ1) is 13.4. The molecule has 0 aromatic heterocycles. The minimum atomic E-state index is -0.488. The fraction of sp³-hybridized carbons (Fsp3) is 0.636. The second kappa shape index (κ2) is 9.05. The fourth-order valence-electron chi connectivity index (χ4n) is 5.64. The number of primary amides is 1. The van der Waals surface area contributed by atoms with Gasteiger partial charge in [0, 0.05) is 31.5 Å². The van der Waals surface area contributed by atoms with E-state index in [1.807, 2.05) is 12.1 Å². The van der Waals surface area contributed by atoms with Crippen molar-refractivity contribution in [1.29, 1.82) is 0 Å². The van der Waals surface area contributed by atoms with E-state index in [0.717, 1.165) is 24.8 Å². The molecule has 6 heteroatoms. The summed E-state index contributed by atoms with van der Waals surface area (Å²) in [6, 6.07) is 6.91. The van der Waals surface area contributed by atoms with Gasteiger partial charge in [-0.15, -0.1) is 0 Å². The molecule has 6 atom stereocenters. The highest BCUT2D eigenvalue weighted by atomic mass is 16.3. The Hall–Kier alpha value is -1.92. The molecule has 28 heavy (non-hydrogen) atoms. The van der Waals surface area contributed by atoms with E-state index in [2.05, 4.69) is 0 Å². The smallest absolute Gasteiger partial charge is 0.218 e. The van der Waals surface area contributed by atoms with Gasteiger partial charge in [0.05, 0.1) is 0 Å². The quantitative estimate of drug-likeness (QED) is 0.565. The van der Waals surface area contributed by atoms with Crippen LogP contribution in [0.5, 0.6) is 5.75 Å². The largest absolute Gasteiger partial charge is 0.508 e. The van der Waals surface area contributed by atoms with E-state index in [1.54, 1.807) is 12.1 Å². The second-order valence-corrected chi connectivity index (χ2v) is 8.52. The van der Waals surface area contributed by atoms with Crippen LogP contribution in [-0.4, -0.2) is 40.2 Å². The number of hydrogen-bond acceptors (Lipinski definition) is 5. The van der Waals surface area contributed by atoms with Gasteiger partial charge < -0.3 is 21.1 Å². The number of phenols is 1. The van der Waals surface area contributed by atoms with Crippen molar-refractivity contribution in [1.82, 2.24) is 0 Å². The fourth-order valence-corrected chi connectivity index (χ4v) is 5.64. The molecule has 2 aliphatic rings. The highest BCUT2D eigenvalue weighted by molar-refractivity contribution is 5.89. The van der Waals surface area contributed by atoms with Gasteiger partial charge in [-0.05, 0) is 73.5 Å². The van der Waals surface area contributed by atoms with Crippen LogP contribution in [0.2, 0.25) is 0 Å². The van der Waals surface area contributed by atoms with Crippen LogP contribution in [0.1, 0.15) is 37.7 Å². The topological polar surface area (TPSA) is 121 Å². The molecular formula is C22H31NO5. The number of aliphatic hydroxyl groups excluding tert-OH is 2. The Morgan fingerprint density at radius 1 is 1.07 bits per heavy atom. The number of phenolic OH excluding ortho intramolecular Hbond substituents is 1. The third-order valence-electron chi connectivity index (χ3n) is 6.91. The van der Waals surface area contributed by atoms with Crippen molar-refractivity contribution in [2.75, 3.05) is 13.2 Å². The van der Waals surface area contributed by atoms with Crippen LogP contribution >= 0.6 is 0 Å². The van der Waals surface area contributed by atoms with Crippen molar-refractivity contribution in [3.8, 4) is 5.75 Å². The van der Waals surface area contributed by atoms with Crippen molar-refractivity contribution in [2.24, 2.45) is 41.2 Å². The lowest BCUT2D eigenvalue weighted by atomic mass is 9.53. The lowest BCUT2D eigenvalue weighted by Gasteiger charge is -2.50. The zero-order chi connectivity index (χ0) is 20.3. The zero-order valence-electron chi connectivity index (χ0n) is 16.2. The third-order valence-corrected chi connectivity index (χ3v) is 6.91. The van der Waals surface area contributed by atoms with Crippen LogP contribution in [0.25, 0.3) is 0 Å². The Labute approximate surface area is 165 Å². The van der Waals surface area contributed by atoms with E-state index in [4.69, 9.17) is 5.73 Å². The maximum atomic E-state index is 13.4. The van der Waals surface area contributed by atoms with Crippen molar-refractivity contribution in [2.45, 2.75) is 38.5 Å². The normalized spacial score (nSPS) is 32.7. The van der Waals surface area contributed by atoms with Crippen LogP contribution in [-0.2, 0) is 16.0 Å². The molecule has 2 aliphatic carbocycles. The predicted molar refractivity (Wildman–Crippen MR) is 104 cm³/mol. The summed E-state index contributed by atoms with van der Waals surface area (Å²) in [5, 5.41) is 28.8. The van der Waals surface area contributed by atoms with Crippen LogP contribution in [0, 0.1) is 35.5 Å². The van der Waals surface area contributed by atoms with Crippen molar-refractivity contribution < 1.29 is 24.9 Å². The molecule has 0 bridgehead atoms. The summed E-state index contributed by atoms with van der Waals surface area (Å²) in [7, 11) is 0. The van der Waals surface area contributed by atoms with E-state index in [9.17, 15) is 24.9 Å². The number of carbonyl (C=O) groups excluding carboxylic acids is 2. The molecule has 0 aliphatic heterocycles. The van der Waals surface area contributed by atoms with Crippen LogP contribution in [0.3, 0.4) is 0 Å². The summed E-state index contributed by atoms with van der Waals surface area (Å²) in [5.41, 5.74) is 6.44. The first kappa shape index (κ1) is 20.8. The maximum absolute atomic E-state index is 13.4. The minimum Gasteiger partial charge on any atom is -0.508 e. The molecule has 1 aromatic carbocycles. The number of rotatable bonds is 7. The van der Waals surface area contributed by atoms with Crippen molar-refractivity contribution in [3.05, 3.63) is 29.8 Å². The molecule has 1 unspecified atom stereocenters. The lowest BCUT2D eigenvalue weighted by Crippen LogP contribution is -2.51. The van der Waals surface area contributed by atoms with Gasteiger partial charge in [0.15, 0.2) is 0 Å². The van der Waals surface area contributed by atoms with Gasteiger partial charge >= 0.3 is 0 Å². The summed E-state index contributed by atoms with van der Waals surface area (Å²) in [6.45, 7) is 0.106. The number of amides is 1. The molecule has 6 nitrogen and oxygen atoms in total. The molecule has 1 aromatic rings. The molecule has 2 saturated carbocycles. The van der Waals surface area contributed by atoms with Gasteiger partial charge in [-0.1, -0.05) is 12.1 Å². The number of Topliss-reactive ketones (excluding diaryl/α,β-unsaturated/α-hetero) is 1. The van der Waals surface area contributed by atoms with Gasteiger partial charge in [-0.2, -0.15) is 0 Å². The van der Waals surface area contributed by atoms with Gasteiger partial charge in [-0.25, -0.2) is 0 Å². The standard InChI is InChI=1S/C22H31NO5/c23-21(27)11-20-17(7-8-24)18-10-14(12-25)3-6-16(18)19(22(20)28)9-13-1-4-15(26)5-2-13/h1-2,4-5,14,16-20,24-26H,3,6-12H2,(H2,23,27)/t14-,16+,17+,18+,19?,20-/m0/s1. The molecule has 2 fully saturated rings. The Kier molecular flexibility index (Phi) is 6.73. The highest BCUT2D eigenvalue weighted by Gasteiger charge is 2.51. The highest BCUT2D eigenvalue weighted by Crippen LogP contribution is 2.51. The zero-order valence-corrected chi connectivity index (χ0v) is 16.2. The maximum Gasteiger partial charge on any atom is 0.218 e. The van der Waals surface area contributed by atoms with Gasteiger partial charge in [0.1, 0.15) is 11.5 Å². The second-order valence-electron chi connectivity index (χ2n) is 8.52. The molecule has 0 saturated heterocycles. The SMILES string of the molecule is NC(=O)C[C@@H]1C(=O)C(Cc2ccc(O)cc2)[C@@H]2CC[C@H](CO)C[C@H]2[C@H]1CCO. The predicted octanol–water partition coefficient (Wildman–Crippen LogP) is 1.65. The average Bonchev–Trinajstić information content (AvgIpc) is 2.68. The summed E-state index contributed by atoms with van der Waals surface area (Å²) in [4.78, 5) is 25.1. The summed E-state index contributed by atoms with van der Waals surface area (Å²) >= 11 is 0. The Balaban J connectivity index is 1.92. The van der Waals surface area contributed by atoms with E-state index >= 15 is 0 Å². The average molecular weight is 389 g/mol. The van der Waals surface area contributed by atoms with Gasteiger partial charge in [0.2, 0.25) is 5.91 Å². The summed E-state index contributed by atoms with van der Waals surface area (Å²) in [6.07, 6.45) is 3.65. The number of fused-ring (bicyclic) bond motifs is 1. The van der Waals surface area contributed by atoms with Crippen molar-refractivity contribution >= 4 is 11.7 Å². The number of benzene rings is 1. The minimum absolute atomic E-state index is 0.0165. The molecule has 0 radical (unpaired) electrons. The molecule has 5 N–H and O–H groups in total. The number of aliphatic hydroxyl groups is 2. The number of aromatic hydroxyl groups is 1. The summed E-state index contributed by atoms with van der Waals surface area (Å²) in [5.74, 6) is -0.369. The molecule has 0 spiro atoms. The van der Waals surface area contributed by atoms with E-state index < -0.39 is 11.8 Å². The molecule has 3 rings (SSSR count). The number of carbonyl (C=O) groups is 2. The van der Waals surface area contributed by atoms with Gasteiger partial charge in [0.25, 0.3) is 0 Å². The molecule has 0 heterocycles. The third kappa shape index (κ3) is 4.39. The molecule has 154 valence electrons. The van der Waals surface area contributed by atoms with Crippen molar-refractivity contribution in [3.63, 3.8) is 0 Å². The first-order valence-electron chi connectivity index (χ1n) is 10.3. The number of hydrogen-bond donors (Lipinski definition) is 4. The Bertz CT molecular complexity index is 689. The number of nitrogens with two attached hydrogens (primary N) is 1. The monoisotopic (exact) mass is 389 g/mol. The number of ketones is 1. The van der Waals surface area contributed by atoms with Gasteiger partial charge in [-0.3, -0.25) is 9.59 Å². The summed E-state index contributed by atoms with van der Waals surface area (Å²) < 4.78 is 0. The van der Waals surface area contributed by atoms with Crippen LogP contribution in [0.15, 0.2) is 24.3 Å². The van der Waals surface area contributed by atoms with E-state index in [1.165, 1.54) is 0 Å². The Morgan fingerprint density at radius 3 is 2.39 bits per heavy atom. The lowest BCUT2D eigenvalue weighted by molar-refractivity contribution is -0.145. The van der Waals surface area contributed by atoms with Crippen LogP contribution in [0.4, 0.5) is 0 Å². The van der Waals surface area contributed by atoms with Crippen LogP contribution < -0.4 is 5.73 Å². The Morgan fingerprint density at radius 2 is 1.79 bits per heavy atom.